The zero-order valence-electron chi connectivity index (χ0n) is 8.62. The Labute approximate surface area is 92.3 Å². The molecule has 2 N–H and O–H groups in total. The molecule has 0 unspecified atom stereocenters. The number of carboxylic acids is 1. The van der Waals surface area contributed by atoms with Gasteiger partial charge in [-0.15, -0.1) is 11.3 Å². The van der Waals surface area contributed by atoms with Gasteiger partial charge in [0.2, 0.25) is 0 Å². The molecule has 0 atom stereocenters. The summed E-state index contributed by atoms with van der Waals surface area (Å²) in [5.41, 5.74) is 0.689. The van der Waals surface area contributed by atoms with Crippen molar-refractivity contribution in [3.05, 3.63) is 10.6 Å². The fourth-order valence-corrected chi connectivity index (χ4v) is 2.43. The second-order valence-electron chi connectivity index (χ2n) is 3.86. The minimum atomic E-state index is -0.821. The van der Waals surface area contributed by atoms with E-state index in [4.69, 9.17) is 5.11 Å². The van der Waals surface area contributed by atoms with Gasteiger partial charge in [0, 0.05) is 10.9 Å². The first-order valence-electron chi connectivity index (χ1n) is 5.10. The number of aromatic nitrogens is 1. The third-order valence-electron chi connectivity index (χ3n) is 2.64. The van der Waals surface area contributed by atoms with Crippen LogP contribution in [0, 0.1) is 6.92 Å². The number of hydrogen-bond donors (Lipinski definition) is 2. The number of thiazole rings is 1. The van der Waals surface area contributed by atoms with E-state index in [2.05, 4.69) is 10.3 Å². The number of anilines is 1. The number of hydrogen-bond acceptors (Lipinski definition) is 4. The van der Waals surface area contributed by atoms with Gasteiger partial charge in [0.05, 0.1) is 12.1 Å². The lowest BCUT2D eigenvalue weighted by Gasteiger charge is -2.25. The van der Waals surface area contributed by atoms with Crippen LogP contribution < -0.4 is 5.32 Å². The first-order valence-corrected chi connectivity index (χ1v) is 5.91. The molecule has 0 saturated heterocycles. The number of aryl methyl sites for hydroxylation is 1. The van der Waals surface area contributed by atoms with Crippen molar-refractivity contribution in [1.29, 1.82) is 0 Å². The Kier molecular flexibility index (Phi) is 2.90. The normalized spacial score (nSPS) is 16.1. The highest BCUT2D eigenvalue weighted by molar-refractivity contribution is 7.15. The smallest absolute Gasteiger partial charge is 0.309 e. The van der Waals surface area contributed by atoms with Crippen LogP contribution in [0.1, 0.15) is 29.8 Å². The van der Waals surface area contributed by atoms with Crippen LogP contribution in [0.15, 0.2) is 0 Å². The van der Waals surface area contributed by atoms with Crippen LogP contribution in [-0.4, -0.2) is 22.1 Å². The molecule has 2 rings (SSSR count). The predicted octanol–water partition coefficient (Wildman–Crippen LogP) is 2.04. The lowest BCUT2D eigenvalue weighted by Crippen LogP contribution is -2.26. The molecule has 1 aliphatic carbocycles. The Hall–Kier alpha value is -1.10. The summed E-state index contributed by atoms with van der Waals surface area (Å²) in [6.45, 7) is 1.92. The minimum absolute atomic E-state index is 0.0225. The van der Waals surface area contributed by atoms with Crippen LogP contribution in [0.4, 0.5) is 5.13 Å². The first-order chi connectivity index (χ1) is 7.15. The molecule has 0 aromatic carbocycles. The van der Waals surface area contributed by atoms with Gasteiger partial charge in [-0.2, -0.15) is 0 Å². The van der Waals surface area contributed by atoms with Crippen molar-refractivity contribution in [1.82, 2.24) is 4.98 Å². The number of nitrogens with one attached hydrogen (secondary N) is 1. The van der Waals surface area contributed by atoms with Gasteiger partial charge in [-0.05, 0) is 26.2 Å². The molecule has 0 bridgehead atoms. The molecule has 1 aromatic heterocycles. The maximum atomic E-state index is 10.6. The van der Waals surface area contributed by atoms with Crippen molar-refractivity contribution in [3.8, 4) is 0 Å². The van der Waals surface area contributed by atoms with Crippen molar-refractivity contribution in [2.75, 3.05) is 5.32 Å². The Morgan fingerprint density at radius 3 is 2.93 bits per heavy atom. The molecular formula is C10H14N2O2S. The maximum Gasteiger partial charge on any atom is 0.309 e. The SMILES string of the molecule is Cc1sc(NC2CCC2)nc1CC(=O)O. The fourth-order valence-electron chi connectivity index (χ4n) is 1.52. The van der Waals surface area contributed by atoms with Crippen LogP contribution in [0.5, 0.6) is 0 Å². The van der Waals surface area contributed by atoms with Crippen molar-refractivity contribution < 1.29 is 9.90 Å². The molecular weight excluding hydrogens is 212 g/mol. The topological polar surface area (TPSA) is 62.2 Å². The van der Waals surface area contributed by atoms with Gasteiger partial charge in [-0.3, -0.25) is 4.79 Å². The number of carbonyl (C=O) groups is 1. The fraction of sp³-hybridized carbons (Fsp3) is 0.600. The van der Waals surface area contributed by atoms with Crippen LogP contribution in [0.2, 0.25) is 0 Å². The summed E-state index contributed by atoms with van der Waals surface area (Å²) in [5.74, 6) is -0.821. The third kappa shape index (κ3) is 2.47. The van der Waals surface area contributed by atoms with Gasteiger partial charge in [-0.1, -0.05) is 0 Å². The van der Waals surface area contributed by atoms with Crippen molar-refractivity contribution in [2.24, 2.45) is 0 Å². The molecule has 1 heterocycles. The summed E-state index contributed by atoms with van der Waals surface area (Å²) < 4.78 is 0. The average molecular weight is 226 g/mol. The molecule has 0 spiro atoms. The number of aliphatic carboxylic acids is 1. The second-order valence-corrected chi connectivity index (χ2v) is 5.07. The molecule has 1 fully saturated rings. The molecule has 5 heteroatoms. The number of carboxylic acid groups (broad SMARTS) is 1. The second kappa shape index (κ2) is 4.18. The van der Waals surface area contributed by atoms with E-state index >= 15 is 0 Å². The summed E-state index contributed by atoms with van der Waals surface area (Å²) in [7, 11) is 0. The van der Waals surface area contributed by atoms with Crippen molar-refractivity contribution in [3.63, 3.8) is 0 Å². The summed E-state index contributed by atoms with van der Waals surface area (Å²) in [5, 5.41) is 12.9. The van der Waals surface area contributed by atoms with Gasteiger partial charge >= 0.3 is 5.97 Å². The Morgan fingerprint density at radius 2 is 2.40 bits per heavy atom. The van der Waals surface area contributed by atoms with Gasteiger partial charge in [-0.25, -0.2) is 4.98 Å². The molecule has 15 heavy (non-hydrogen) atoms. The van der Waals surface area contributed by atoms with E-state index in [-0.39, 0.29) is 6.42 Å². The van der Waals surface area contributed by atoms with Gasteiger partial charge in [0.15, 0.2) is 5.13 Å². The van der Waals surface area contributed by atoms with Crippen molar-refractivity contribution >= 4 is 22.4 Å². The van der Waals surface area contributed by atoms with E-state index in [9.17, 15) is 4.79 Å². The van der Waals surface area contributed by atoms with Crippen LogP contribution in [0.3, 0.4) is 0 Å². The molecule has 4 nitrogen and oxygen atoms in total. The largest absolute Gasteiger partial charge is 0.481 e. The highest BCUT2D eigenvalue weighted by Crippen LogP contribution is 2.27. The first kappa shape index (κ1) is 10.4. The predicted molar refractivity (Wildman–Crippen MR) is 59.5 cm³/mol. The van der Waals surface area contributed by atoms with Crippen LogP contribution in [0.25, 0.3) is 0 Å². The van der Waals surface area contributed by atoms with Gasteiger partial charge in [0.25, 0.3) is 0 Å². The molecule has 1 saturated carbocycles. The Bertz CT molecular complexity index is 371. The van der Waals surface area contributed by atoms with E-state index in [0.29, 0.717) is 11.7 Å². The Balaban J connectivity index is 2.02. The maximum absolute atomic E-state index is 10.6. The molecule has 0 aliphatic heterocycles. The summed E-state index contributed by atoms with van der Waals surface area (Å²) >= 11 is 1.55. The lowest BCUT2D eigenvalue weighted by atomic mass is 9.93. The lowest BCUT2D eigenvalue weighted by molar-refractivity contribution is -0.136. The van der Waals surface area contributed by atoms with E-state index in [1.165, 1.54) is 19.3 Å². The average Bonchev–Trinajstić information content (AvgIpc) is 2.39. The zero-order chi connectivity index (χ0) is 10.8. The molecule has 1 aliphatic rings. The third-order valence-corrected chi connectivity index (χ3v) is 3.59. The van der Waals surface area contributed by atoms with Crippen LogP contribution in [-0.2, 0) is 11.2 Å². The molecule has 0 radical (unpaired) electrons. The van der Waals surface area contributed by atoms with Gasteiger partial charge in [0.1, 0.15) is 0 Å². The minimum Gasteiger partial charge on any atom is -0.481 e. The zero-order valence-corrected chi connectivity index (χ0v) is 9.43. The van der Waals surface area contributed by atoms with E-state index < -0.39 is 5.97 Å². The standard InChI is InChI=1S/C10H14N2O2S/c1-6-8(5-9(13)14)12-10(15-6)11-7-3-2-4-7/h7H,2-5H2,1H3,(H,11,12)(H,13,14). The molecule has 82 valence electrons. The highest BCUT2D eigenvalue weighted by atomic mass is 32.1. The monoisotopic (exact) mass is 226 g/mol. The van der Waals surface area contributed by atoms with Gasteiger partial charge < -0.3 is 10.4 Å². The molecule has 0 amide bonds. The molecule has 1 aromatic rings. The van der Waals surface area contributed by atoms with Crippen molar-refractivity contribution in [2.45, 2.75) is 38.6 Å². The summed E-state index contributed by atoms with van der Waals surface area (Å²) in [4.78, 5) is 15.9. The Morgan fingerprint density at radius 1 is 1.67 bits per heavy atom. The van der Waals surface area contributed by atoms with E-state index in [0.717, 1.165) is 10.0 Å². The number of nitrogens with zero attached hydrogens (tertiary/aromatic N) is 1. The highest BCUT2D eigenvalue weighted by Gasteiger charge is 2.19. The summed E-state index contributed by atoms with van der Waals surface area (Å²) in [6.07, 6.45) is 3.71. The number of rotatable bonds is 4. The van der Waals surface area contributed by atoms with E-state index in [1.54, 1.807) is 11.3 Å². The van der Waals surface area contributed by atoms with E-state index in [1.807, 2.05) is 6.92 Å². The quantitative estimate of drug-likeness (QED) is 0.824. The summed E-state index contributed by atoms with van der Waals surface area (Å²) in [6, 6.07) is 0.549. The van der Waals surface area contributed by atoms with Crippen LogP contribution >= 0.6 is 11.3 Å².